The van der Waals surface area contributed by atoms with E-state index in [1.54, 1.807) is 6.07 Å². The van der Waals surface area contributed by atoms with E-state index in [0.717, 1.165) is 25.3 Å². The van der Waals surface area contributed by atoms with Crippen molar-refractivity contribution in [2.45, 2.75) is 13.0 Å². The lowest BCUT2D eigenvalue weighted by atomic mass is 9.93. The zero-order valence-corrected chi connectivity index (χ0v) is 13.1. The molecule has 0 aromatic heterocycles. The number of ether oxygens (including phenoxy) is 1. The van der Waals surface area contributed by atoms with Crippen LogP contribution < -0.4 is 15.0 Å². The molecule has 2 aliphatic rings. The Morgan fingerprint density at radius 2 is 2.26 bits per heavy atom. The molecule has 0 bridgehead atoms. The van der Waals surface area contributed by atoms with Gasteiger partial charge in [0, 0.05) is 37.5 Å². The molecule has 7 nitrogen and oxygen atoms in total. The first-order chi connectivity index (χ1) is 11.0. The molecule has 1 aromatic rings. The molecule has 1 aromatic carbocycles. The van der Waals surface area contributed by atoms with Gasteiger partial charge in [0.2, 0.25) is 0 Å². The molecule has 23 heavy (non-hydrogen) atoms. The standard InChI is InChI=1S/C16H19N3O4/c1-9-8-19(6-5-17-9)12-4-3-10-13(15(12)23-2)18-7-11(14(10)20)16(21)22/h3-4,7,9,11,17H,5-6,8H2,1-2H3,(H,21,22). The lowest BCUT2D eigenvalue weighted by Gasteiger charge is -2.35. The number of piperazine rings is 1. The van der Waals surface area contributed by atoms with E-state index < -0.39 is 17.7 Å². The topological polar surface area (TPSA) is 91.2 Å². The number of ketones is 1. The van der Waals surface area contributed by atoms with Crippen LogP contribution in [-0.4, -0.2) is 55.9 Å². The Morgan fingerprint density at radius 3 is 2.91 bits per heavy atom. The van der Waals surface area contributed by atoms with Crippen molar-refractivity contribution in [1.29, 1.82) is 0 Å². The van der Waals surface area contributed by atoms with Crippen molar-refractivity contribution in [3.8, 4) is 5.75 Å². The van der Waals surface area contributed by atoms with Gasteiger partial charge >= 0.3 is 5.97 Å². The Balaban J connectivity index is 2.03. The number of fused-ring (bicyclic) bond motifs is 1. The predicted octanol–water partition coefficient (Wildman–Crippen LogP) is 1.09. The van der Waals surface area contributed by atoms with Gasteiger partial charge in [-0.3, -0.25) is 14.6 Å². The monoisotopic (exact) mass is 317 g/mol. The summed E-state index contributed by atoms with van der Waals surface area (Å²) in [5.41, 5.74) is 1.58. The number of nitrogens with one attached hydrogen (secondary N) is 1. The molecule has 1 fully saturated rings. The summed E-state index contributed by atoms with van der Waals surface area (Å²) >= 11 is 0. The van der Waals surface area contributed by atoms with Gasteiger partial charge in [0.25, 0.3) is 0 Å². The van der Waals surface area contributed by atoms with E-state index in [-0.39, 0.29) is 0 Å². The van der Waals surface area contributed by atoms with Crippen LogP contribution in [0.3, 0.4) is 0 Å². The summed E-state index contributed by atoms with van der Waals surface area (Å²) in [4.78, 5) is 29.8. The number of carbonyl (C=O) groups excluding carboxylic acids is 1. The van der Waals surface area contributed by atoms with Crippen LogP contribution in [0, 0.1) is 5.92 Å². The number of methoxy groups -OCH3 is 1. The van der Waals surface area contributed by atoms with Crippen LogP contribution in [0.2, 0.25) is 0 Å². The SMILES string of the molecule is COc1c(N2CCNC(C)C2)ccc2c1N=CC(C(=O)O)C2=O. The molecular formula is C16H19N3O4. The third-order valence-electron chi connectivity index (χ3n) is 4.19. The second-order valence-electron chi connectivity index (χ2n) is 5.77. The Morgan fingerprint density at radius 1 is 1.48 bits per heavy atom. The van der Waals surface area contributed by atoms with E-state index in [0.29, 0.717) is 23.0 Å². The largest absolute Gasteiger partial charge is 0.492 e. The van der Waals surface area contributed by atoms with Crippen LogP contribution in [-0.2, 0) is 4.79 Å². The fourth-order valence-electron chi connectivity index (χ4n) is 3.05. The fraction of sp³-hybridized carbons (Fsp3) is 0.438. The maximum absolute atomic E-state index is 12.3. The highest BCUT2D eigenvalue weighted by Crippen LogP contribution is 2.43. The minimum atomic E-state index is -1.22. The molecule has 2 unspecified atom stereocenters. The molecule has 1 saturated heterocycles. The normalized spacial score (nSPS) is 23.6. The van der Waals surface area contributed by atoms with Crippen LogP contribution >= 0.6 is 0 Å². The lowest BCUT2D eigenvalue weighted by molar-refractivity contribution is -0.137. The van der Waals surface area contributed by atoms with E-state index in [4.69, 9.17) is 9.84 Å². The van der Waals surface area contributed by atoms with Crippen LogP contribution in [0.25, 0.3) is 0 Å². The Hall–Kier alpha value is -2.41. The highest BCUT2D eigenvalue weighted by molar-refractivity contribution is 6.22. The van der Waals surface area contributed by atoms with Crippen LogP contribution in [0.5, 0.6) is 5.75 Å². The van der Waals surface area contributed by atoms with Crippen molar-refractivity contribution in [2.75, 3.05) is 31.6 Å². The zero-order valence-electron chi connectivity index (χ0n) is 13.1. The van der Waals surface area contributed by atoms with Crippen LogP contribution in [0.15, 0.2) is 17.1 Å². The first-order valence-electron chi connectivity index (χ1n) is 7.53. The molecule has 0 amide bonds. The van der Waals surface area contributed by atoms with Crippen molar-refractivity contribution in [1.82, 2.24) is 5.32 Å². The molecule has 0 saturated carbocycles. The maximum Gasteiger partial charge on any atom is 0.319 e. The number of aliphatic imine (C=N–C) groups is 1. The predicted molar refractivity (Wildman–Crippen MR) is 86.3 cm³/mol. The van der Waals surface area contributed by atoms with Crippen molar-refractivity contribution in [3.05, 3.63) is 17.7 Å². The molecule has 0 spiro atoms. The Bertz CT molecular complexity index is 686. The molecule has 0 aliphatic carbocycles. The van der Waals surface area contributed by atoms with Gasteiger partial charge < -0.3 is 20.1 Å². The molecular weight excluding hydrogens is 298 g/mol. The minimum absolute atomic E-state index is 0.295. The highest BCUT2D eigenvalue weighted by atomic mass is 16.5. The number of hydrogen-bond acceptors (Lipinski definition) is 6. The zero-order chi connectivity index (χ0) is 16.6. The summed E-state index contributed by atoms with van der Waals surface area (Å²) in [6.45, 7) is 4.63. The number of hydrogen-bond donors (Lipinski definition) is 2. The fourth-order valence-corrected chi connectivity index (χ4v) is 3.05. The summed E-state index contributed by atoms with van der Waals surface area (Å²) in [7, 11) is 1.54. The molecule has 2 atom stereocenters. The number of rotatable bonds is 3. The number of carbonyl (C=O) groups is 2. The summed E-state index contributed by atoms with van der Waals surface area (Å²) in [5, 5.41) is 12.5. The second-order valence-corrected chi connectivity index (χ2v) is 5.77. The van der Waals surface area contributed by atoms with E-state index in [2.05, 4.69) is 22.1 Å². The molecule has 2 aliphatic heterocycles. The number of aliphatic carboxylic acids is 1. The average Bonchev–Trinajstić information content (AvgIpc) is 2.53. The van der Waals surface area contributed by atoms with Crippen LogP contribution in [0.1, 0.15) is 17.3 Å². The molecule has 3 rings (SSSR count). The van der Waals surface area contributed by atoms with E-state index >= 15 is 0 Å². The third kappa shape index (κ3) is 2.68. The van der Waals surface area contributed by atoms with Crippen molar-refractivity contribution >= 4 is 29.3 Å². The van der Waals surface area contributed by atoms with Gasteiger partial charge in [0.1, 0.15) is 5.69 Å². The molecule has 0 radical (unpaired) electrons. The number of carboxylic acid groups (broad SMARTS) is 1. The Kier molecular flexibility index (Phi) is 4.04. The summed E-state index contributed by atoms with van der Waals surface area (Å²) in [5.74, 6) is -2.35. The molecule has 122 valence electrons. The van der Waals surface area contributed by atoms with Gasteiger partial charge in [-0.25, -0.2) is 0 Å². The molecule has 2 heterocycles. The summed E-state index contributed by atoms with van der Waals surface area (Å²) in [6.07, 6.45) is 1.18. The number of benzene rings is 1. The first kappa shape index (κ1) is 15.5. The highest BCUT2D eigenvalue weighted by Gasteiger charge is 2.33. The van der Waals surface area contributed by atoms with Gasteiger partial charge in [0.15, 0.2) is 17.5 Å². The summed E-state index contributed by atoms with van der Waals surface area (Å²) in [6, 6.07) is 3.81. The van der Waals surface area contributed by atoms with Gasteiger partial charge in [0.05, 0.1) is 12.8 Å². The maximum atomic E-state index is 12.3. The summed E-state index contributed by atoms with van der Waals surface area (Å²) < 4.78 is 5.50. The lowest BCUT2D eigenvalue weighted by Crippen LogP contribution is -2.49. The molecule has 7 heteroatoms. The van der Waals surface area contributed by atoms with Gasteiger partial charge in [-0.2, -0.15) is 0 Å². The van der Waals surface area contributed by atoms with E-state index in [1.807, 2.05) is 6.07 Å². The quantitative estimate of drug-likeness (QED) is 0.811. The number of anilines is 1. The van der Waals surface area contributed by atoms with E-state index in [9.17, 15) is 9.59 Å². The number of nitrogens with zero attached hydrogens (tertiary/aromatic N) is 2. The van der Waals surface area contributed by atoms with Gasteiger partial charge in [-0.1, -0.05) is 0 Å². The average molecular weight is 317 g/mol. The van der Waals surface area contributed by atoms with E-state index in [1.165, 1.54) is 13.3 Å². The van der Waals surface area contributed by atoms with Gasteiger partial charge in [-0.15, -0.1) is 0 Å². The number of Topliss-reactive ketones (excluding diaryl/α,β-unsaturated/α-hetero) is 1. The first-order valence-corrected chi connectivity index (χ1v) is 7.53. The third-order valence-corrected chi connectivity index (χ3v) is 4.19. The number of carboxylic acids is 1. The van der Waals surface area contributed by atoms with Gasteiger partial charge in [-0.05, 0) is 19.1 Å². The second kappa shape index (κ2) is 6.00. The minimum Gasteiger partial charge on any atom is -0.492 e. The smallest absolute Gasteiger partial charge is 0.319 e. The van der Waals surface area contributed by atoms with Crippen molar-refractivity contribution in [3.63, 3.8) is 0 Å². The van der Waals surface area contributed by atoms with Crippen molar-refractivity contribution < 1.29 is 19.4 Å². The van der Waals surface area contributed by atoms with Crippen molar-refractivity contribution in [2.24, 2.45) is 10.9 Å². The molecule has 2 N–H and O–H groups in total. The Labute approximate surface area is 134 Å². The van der Waals surface area contributed by atoms with Crippen LogP contribution in [0.4, 0.5) is 11.4 Å².